The number of aromatic amines is 1. The molecule has 3 heterocycles. The van der Waals surface area contributed by atoms with Crippen LogP contribution in [-0.2, 0) is 0 Å². The first kappa shape index (κ1) is 18.4. The molecule has 0 radical (unpaired) electrons. The van der Waals surface area contributed by atoms with E-state index >= 15 is 0 Å². The Labute approximate surface area is 160 Å². The molecule has 134 valence electrons. The van der Waals surface area contributed by atoms with Gasteiger partial charge < -0.3 is 15.2 Å². The fourth-order valence-corrected chi connectivity index (χ4v) is 4.46. The molecule has 25 heavy (non-hydrogen) atoms. The van der Waals surface area contributed by atoms with Crippen molar-refractivity contribution in [2.24, 2.45) is 0 Å². The third-order valence-corrected chi connectivity index (χ3v) is 5.84. The molecule has 2 bridgehead atoms. The van der Waals surface area contributed by atoms with Gasteiger partial charge in [0.15, 0.2) is 0 Å². The Morgan fingerprint density at radius 2 is 1.88 bits per heavy atom. The summed E-state index contributed by atoms with van der Waals surface area (Å²) in [5, 5.41) is 4.38. The van der Waals surface area contributed by atoms with Crippen LogP contribution in [0.2, 0.25) is 0 Å². The van der Waals surface area contributed by atoms with Crippen molar-refractivity contribution in [3.05, 3.63) is 44.7 Å². The van der Waals surface area contributed by atoms with Crippen LogP contribution in [0.1, 0.15) is 36.0 Å². The Bertz CT molecular complexity index is 857. The molecule has 4 rings (SSSR count). The molecule has 2 aliphatic heterocycles. The molecule has 1 aromatic heterocycles. The van der Waals surface area contributed by atoms with Gasteiger partial charge in [0.05, 0.1) is 5.56 Å². The van der Waals surface area contributed by atoms with Gasteiger partial charge in [0.25, 0.3) is 5.91 Å². The number of carbonyl (C=O) groups is 1. The standard InChI is InChI=1S/C18H20BrN3O2.ClH/c1-22(13-7-11-3-4-12(8-13)20-11)18(24)15-9-17(23)21-16-5-2-10(19)6-14(15)16;/h2,5-6,9,11-13,20H,3-4,7-8H2,1H3,(H,21,23);1H. The van der Waals surface area contributed by atoms with E-state index in [1.54, 1.807) is 0 Å². The predicted molar refractivity (Wildman–Crippen MR) is 105 cm³/mol. The van der Waals surface area contributed by atoms with Crippen LogP contribution in [0, 0.1) is 0 Å². The molecule has 2 aliphatic rings. The van der Waals surface area contributed by atoms with Crippen molar-refractivity contribution in [2.45, 2.75) is 43.8 Å². The minimum Gasteiger partial charge on any atom is -0.339 e. The zero-order valence-corrected chi connectivity index (χ0v) is 16.3. The first-order chi connectivity index (χ1) is 11.5. The van der Waals surface area contributed by atoms with Crippen LogP contribution in [0.15, 0.2) is 33.5 Å². The third kappa shape index (κ3) is 3.48. The second kappa shape index (κ2) is 7.09. The van der Waals surface area contributed by atoms with E-state index in [1.807, 2.05) is 30.1 Å². The Balaban J connectivity index is 0.00000182. The van der Waals surface area contributed by atoms with E-state index in [0.29, 0.717) is 23.2 Å². The third-order valence-electron chi connectivity index (χ3n) is 5.35. The average Bonchev–Trinajstić information content (AvgIpc) is 2.91. The van der Waals surface area contributed by atoms with Gasteiger partial charge >= 0.3 is 0 Å². The van der Waals surface area contributed by atoms with Gasteiger partial charge in [-0.2, -0.15) is 0 Å². The molecule has 0 spiro atoms. The molecule has 1 amide bonds. The Morgan fingerprint density at radius 3 is 2.56 bits per heavy atom. The molecular weight excluding hydrogens is 406 g/mol. The smallest absolute Gasteiger partial charge is 0.254 e. The van der Waals surface area contributed by atoms with Crippen LogP contribution in [0.25, 0.3) is 10.9 Å². The SMILES string of the molecule is CN(C(=O)c1cc(=O)[nH]c2ccc(Br)cc12)C1CC2CCC(C1)N2.Cl. The second-order valence-corrected chi connectivity index (χ2v) is 7.83. The summed E-state index contributed by atoms with van der Waals surface area (Å²) in [4.78, 5) is 29.7. The lowest BCUT2D eigenvalue weighted by Gasteiger charge is -2.35. The number of hydrogen-bond donors (Lipinski definition) is 2. The summed E-state index contributed by atoms with van der Waals surface area (Å²) in [5.41, 5.74) is 0.920. The lowest BCUT2D eigenvalue weighted by Crippen LogP contribution is -2.48. The van der Waals surface area contributed by atoms with Gasteiger partial charge in [0, 0.05) is 46.6 Å². The highest BCUT2D eigenvalue weighted by atomic mass is 79.9. The summed E-state index contributed by atoms with van der Waals surface area (Å²) in [5.74, 6) is -0.0736. The van der Waals surface area contributed by atoms with Crippen LogP contribution < -0.4 is 10.9 Å². The fourth-order valence-electron chi connectivity index (χ4n) is 4.10. The first-order valence-electron chi connectivity index (χ1n) is 8.37. The second-order valence-electron chi connectivity index (χ2n) is 6.92. The Kier molecular flexibility index (Phi) is 5.23. The molecule has 2 fully saturated rings. The number of halogens is 2. The maximum absolute atomic E-state index is 13.1. The van der Waals surface area contributed by atoms with Crippen molar-refractivity contribution >= 4 is 45.1 Å². The quantitative estimate of drug-likeness (QED) is 0.776. The number of carbonyl (C=O) groups excluding carboxylic acids is 1. The largest absolute Gasteiger partial charge is 0.339 e. The molecule has 0 saturated carbocycles. The van der Waals surface area contributed by atoms with E-state index in [1.165, 1.54) is 18.9 Å². The number of aromatic nitrogens is 1. The molecule has 5 nitrogen and oxygen atoms in total. The minimum absolute atomic E-state index is 0. The lowest BCUT2D eigenvalue weighted by atomic mass is 9.97. The normalized spacial score (nSPS) is 24.8. The van der Waals surface area contributed by atoms with E-state index in [4.69, 9.17) is 0 Å². The number of rotatable bonds is 2. The van der Waals surface area contributed by atoms with Crippen molar-refractivity contribution in [2.75, 3.05) is 7.05 Å². The van der Waals surface area contributed by atoms with Crippen LogP contribution in [0.5, 0.6) is 0 Å². The van der Waals surface area contributed by atoms with Gasteiger partial charge in [-0.05, 0) is 43.9 Å². The molecule has 2 N–H and O–H groups in total. The van der Waals surface area contributed by atoms with Crippen molar-refractivity contribution in [1.29, 1.82) is 0 Å². The monoisotopic (exact) mass is 425 g/mol. The van der Waals surface area contributed by atoms with E-state index in [9.17, 15) is 9.59 Å². The predicted octanol–water partition coefficient (Wildman–Crippen LogP) is 3.07. The summed E-state index contributed by atoms with van der Waals surface area (Å²) in [6, 6.07) is 8.27. The highest BCUT2D eigenvalue weighted by molar-refractivity contribution is 9.10. The van der Waals surface area contributed by atoms with E-state index < -0.39 is 0 Å². The van der Waals surface area contributed by atoms with Crippen LogP contribution in [0.4, 0.5) is 0 Å². The topological polar surface area (TPSA) is 65.2 Å². The molecule has 1 aromatic carbocycles. The molecule has 2 aromatic rings. The number of H-pyrrole nitrogens is 1. The summed E-state index contributed by atoms with van der Waals surface area (Å²) < 4.78 is 0.888. The van der Waals surface area contributed by atoms with E-state index in [2.05, 4.69) is 26.2 Å². The number of hydrogen-bond acceptors (Lipinski definition) is 3. The van der Waals surface area contributed by atoms with Crippen LogP contribution in [-0.4, -0.2) is 41.0 Å². The number of benzene rings is 1. The van der Waals surface area contributed by atoms with Crippen molar-refractivity contribution in [1.82, 2.24) is 15.2 Å². The molecular formula is C18H21BrClN3O2. The fraction of sp³-hybridized carbons (Fsp3) is 0.444. The van der Waals surface area contributed by atoms with Crippen molar-refractivity contribution in [3.8, 4) is 0 Å². The number of piperidine rings is 1. The average molecular weight is 427 g/mol. The molecule has 2 atom stereocenters. The minimum atomic E-state index is -0.244. The summed E-state index contributed by atoms with van der Waals surface area (Å²) in [7, 11) is 1.86. The Hall–Kier alpha value is -1.37. The highest BCUT2D eigenvalue weighted by Gasteiger charge is 2.36. The molecule has 7 heteroatoms. The van der Waals surface area contributed by atoms with Gasteiger partial charge in [-0.3, -0.25) is 9.59 Å². The van der Waals surface area contributed by atoms with Crippen LogP contribution >= 0.6 is 28.3 Å². The summed E-state index contributed by atoms with van der Waals surface area (Å²) >= 11 is 3.45. The highest BCUT2D eigenvalue weighted by Crippen LogP contribution is 2.30. The van der Waals surface area contributed by atoms with Crippen molar-refractivity contribution < 1.29 is 4.79 Å². The maximum atomic E-state index is 13.1. The molecule has 0 aliphatic carbocycles. The number of nitrogens with zero attached hydrogens (tertiary/aromatic N) is 1. The zero-order chi connectivity index (χ0) is 16.8. The number of amides is 1. The number of fused-ring (bicyclic) bond motifs is 3. The van der Waals surface area contributed by atoms with Gasteiger partial charge in [-0.15, -0.1) is 12.4 Å². The molecule has 2 unspecified atom stereocenters. The van der Waals surface area contributed by atoms with E-state index in [-0.39, 0.29) is 29.9 Å². The lowest BCUT2D eigenvalue weighted by molar-refractivity contribution is 0.0683. The van der Waals surface area contributed by atoms with Gasteiger partial charge in [-0.25, -0.2) is 0 Å². The first-order valence-corrected chi connectivity index (χ1v) is 9.16. The number of nitrogens with one attached hydrogen (secondary N) is 2. The van der Waals surface area contributed by atoms with Gasteiger partial charge in [-0.1, -0.05) is 15.9 Å². The van der Waals surface area contributed by atoms with Crippen molar-refractivity contribution in [3.63, 3.8) is 0 Å². The number of pyridine rings is 1. The van der Waals surface area contributed by atoms with E-state index in [0.717, 1.165) is 22.7 Å². The van der Waals surface area contributed by atoms with Gasteiger partial charge in [0.2, 0.25) is 5.56 Å². The maximum Gasteiger partial charge on any atom is 0.254 e. The summed E-state index contributed by atoms with van der Waals surface area (Å²) in [6.45, 7) is 0. The molecule has 2 saturated heterocycles. The van der Waals surface area contributed by atoms with Crippen LogP contribution in [0.3, 0.4) is 0 Å². The summed E-state index contributed by atoms with van der Waals surface area (Å²) in [6.07, 6.45) is 4.38. The van der Waals surface area contributed by atoms with Gasteiger partial charge in [0.1, 0.15) is 0 Å². The zero-order valence-electron chi connectivity index (χ0n) is 13.9. The Morgan fingerprint density at radius 1 is 1.20 bits per heavy atom.